The van der Waals surface area contributed by atoms with Gasteiger partial charge in [0, 0.05) is 31.6 Å². The first kappa shape index (κ1) is 20.7. The van der Waals surface area contributed by atoms with E-state index in [0.717, 1.165) is 35.0 Å². The van der Waals surface area contributed by atoms with E-state index < -0.39 is 10.0 Å². The summed E-state index contributed by atoms with van der Waals surface area (Å²) in [5.74, 6) is 0. The van der Waals surface area contributed by atoms with Gasteiger partial charge in [-0.05, 0) is 34.7 Å². The zero-order valence-corrected chi connectivity index (χ0v) is 18.5. The lowest BCUT2D eigenvalue weighted by atomic mass is 10.1. The molecule has 0 aromatic heterocycles. The molecular weight excluding hydrogens is 418 g/mol. The molecule has 0 amide bonds. The molecule has 1 saturated heterocycles. The summed E-state index contributed by atoms with van der Waals surface area (Å²) in [7, 11) is -3.85. The maximum atomic E-state index is 14.2. The number of benzene rings is 4. The second-order valence-corrected chi connectivity index (χ2v) is 9.58. The standard InChI is InChI=1S/C26H25N3O2S/c30-32(31,26-15-7-11-22-10-4-5-14-25(22)26)29(28-18-16-27-17-19-28)24-13-6-12-23(20-24)21-8-2-1-3-9-21/h1-15,20,27H,16-19H2. The van der Waals surface area contributed by atoms with Gasteiger partial charge < -0.3 is 5.32 Å². The number of sulfonamides is 1. The van der Waals surface area contributed by atoms with Crippen LogP contribution >= 0.6 is 0 Å². The average molecular weight is 444 g/mol. The van der Waals surface area contributed by atoms with Gasteiger partial charge in [-0.15, -0.1) is 0 Å². The smallest absolute Gasteiger partial charge is 0.278 e. The van der Waals surface area contributed by atoms with E-state index in [-0.39, 0.29) is 0 Å². The first-order valence-corrected chi connectivity index (χ1v) is 12.2. The Morgan fingerprint density at radius 2 is 1.38 bits per heavy atom. The van der Waals surface area contributed by atoms with Crippen molar-refractivity contribution in [3.8, 4) is 11.1 Å². The number of piperazine rings is 1. The van der Waals surface area contributed by atoms with Crippen molar-refractivity contribution in [3.63, 3.8) is 0 Å². The van der Waals surface area contributed by atoms with Gasteiger partial charge in [-0.1, -0.05) is 78.9 Å². The molecule has 0 atom stereocenters. The first-order valence-electron chi connectivity index (χ1n) is 10.8. The molecule has 1 fully saturated rings. The number of nitrogens with zero attached hydrogens (tertiary/aromatic N) is 2. The Morgan fingerprint density at radius 3 is 2.19 bits per heavy atom. The molecule has 1 N–H and O–H groups in total. The molecular formula is C26H25N3O2S. The van der Waals surface area contributed by atoms with Gasteiger partial charge in [0.1, 0.15) is 0 Å². The van der Waals surface area contributed by atoms with Crippen LogP contribution in [0.15, 0.2) is 102 Å². The molecule has 5 nitrogen and oxygen atoms in total. The number of rotatable bonds is 5. The van der Waals surface area contributed by atoms with Crippen LogP contribution in [0.4, 0.5) is 5.69 Å². The lowest BCUT2D eigenvalue weighted by molar-refractivity contribution is 0.253. The zero-order valence-electron chi connectivity index (χ0n) is 17.7. The Morgan fingerprint density at radius 1 is 0.719 bits per heavy atom. The molecule has 0 radical (unpaired) electrons. The number of hydrogen-bond donors (Lipinski definition) is 1. The Bertz CT molecular complexity index is 1330. The number of anilines is 1. The minimum atomic E-state index is -3.85. The van der Waals surface area contributed by atoms with Crippen LogP contribution in [0, 0.1) is 0 Å². The van der Waals surface area contributed by atoms with E-state index in [0.29, 0.717) is 23.7 Å². The summed E-state index contributed by atoms with van der Waals surface area (Å²) >= 11 is 0. The van der Waals surface area contributed by atoms with Gasteiger partial charge in [0.25, 0.3) is 10.0 Å². The quantitative estimate of drug-likeness (QED) is 0.493. The molecule has 5 rings (SSSR count). The summed E-state index contributed by atoms with van der Waals surface area (Å²) in [6, 6.07) is 30.9. The second-order valence-electron chi connectivity index (χ2n) is 7.85. The van der Waals surface area contributed by atoms with Crippen LogP contribution in [0.2, 0.25) is 0 Å². The van der Waals surface area contributed by atoms with Crippen molar-refractivity contribution in [1.82, 2.24) is 10.3 Å². The van der Waals surface area contributed by atoms with Crippen LogP contribution in [0.1, 0.15) is 0 Å². The molecule has 6 heteroatoms. The van der Waals surface area contributed by atoms with Gasteiger partial charge in [-0.2, -0.15) is 12.8 Å². The molecule has 162 valence electrons. The van der Waals surface area contributed by atoms with Crippen LogP contribution in [0.25, 0.3) is 21.9 Å². The molecule has 0 unspecified atom stereocenters. The van der Waals surface area contributed by atoms with E-state index in [1.807, 2.05) is 96.0 Å². The monoisotopic (exact) mass is 443 g/mol. The minimum absolute atomic E-state index is 0.319. The maximum Gasteiger partial charge on any atom is 0.278 e. The number of hydrogen-bond acceptors (Lipinski definition) is 4. The molecule has 32 heavy (non-hydrogen) atoms. The molecule has 0 saturated carbocycles. The largest absolute Gasteiger partial charge is 0.314 e. The second kappa shape index (κ2) is 8.74. The van der Waals surface area contributed by atoms with Crippen LogP contribution in [-0.4, -0.2) is 39.6 Å². The highest BCUT2D eigenvalue weighted by molar-refractivity contribution is 7.93. The van der Waals surface area contributed by atoms with Gasteiger partial charge in [-0.25, -0.2) is 5.01 Å². The van der Waals surface area contributed by atoms with Gasteiger partial charge in [-0.3, -0.25) is 0 Å². The molecule has 4 aromatic rings. The van der Waals surface area contributed by atoms with Gasteiger partial charge in [0.15, 0.2) is 0 Å². The van der Waals surface area contributed by atoms with Crippen molar-refractivity contribution in [1.29, 1.82) is 0 Å². The maximum absolute atomic E-state index is 14.2. The molecule has 1 aliphatic rings. The fourth-order valence-corrected chi connectivity index (χ4v) is 6.00. The average Bonchev–Trinajstić information content (AvgIpc) is 2.85. The van der Waals surface area contributed by atoms with Crippen molar-refractivity contribution in [2.75, 3.05) is 30.6 Å². The predicted molar refractivity (Wildman–Crippen MR) is 130 cm³/mol. The number of hydrazine groups is 1. The van der Waals surface area contributed by atoms with Crippen molar-refractivity contribution < 1.29 is 8.42 Å². The van der Waals surface area contributed by atoms with Gasteiger partial charge in [0.05, 0.1) is 10.6 Å². The van der Waals surface area contributed by atoms with Gasteiger partial charge in [0.2, 0.25) is 0 Å². The fraction of sp³-hybridized carbons (Fsp3) is 0.154. The van der Waals surface area contributed by atoms with Crippen LogP contribution in [0.3, 0.4) is 0 Å². The molecule has 0 bridgehead atoms. The summed E-state index contributed by atoms with van der Waals surface area (Å²) in [6.45, 7) is 2.69. The molecule has 4 aromatic carbocycles. The highest BCUT2D eigenvalue weighted by Gasteiger charge is 2.32. The number of nitrogens with one attached hydrogen (secondary N) is 1. The van der Waals surface area contributed by atoms with Crippen molar-refractivity contribution in [3.05, 3.63) is 97.1 Å². The van der Waals surface area contributed by atoms with E-state index in [9.17, 15) is 8.42 Å². The highest BCUT2D eigenvalue weighted by atomic mass is 32.2. The lowest BCUT2D eigenvalue weighted by Crippen LogP contribution is -2.54. The first-order chi connectivity index (χ1) is 15.6. The third-order valence-corrected chi connectivity index (χ3v) is 7.59. The van der Waals surface area contributed by atoms with Crippen molar-refractivity contribution in [2.24, 2.45) is 0 Å². The summed E-state index contributed by atoms with van der Waals surface area (Å²) in [4.78, 5) is 0.319. The Balaban J connectivity index is 1.67. The third-order valence-electron chi connectivity index (χ3n) is 5.78. The summed E-state index contributed by atoms with van der Waals surface area (Å²) < 4.78 is 29.8. The Labute approximate surface area is 188 Å². The lowest BCUT2D eigenvalue weighted by Gasteiger charge is -2.38. The zero-order chi connectivity index (χ0) is 22.0. The fourth-order valence-electron chi connectivity index (χ4n) is 4.24. The van der Waals surface area contributed by atoms with Crippen LogP contribution in [-0.2, 0) is 10.0 Å². The van der Waals surface area contributed by atoms with E-state index in [1.54, 1.807) is 6.07 Å². The van der Waals surface area contributed by atoms with Crippen molar-refractivity contribution >= 4 is 26.5 Å². The third kappa shape index (κ3) is 3.88. The summed E-state index contributed by atoms with van der Waals surface area (Å²) in [6.07, 6.45) is 0. The Hall–Kier alpha value is -3.19. The van der Waals surface area contributed by atoms with Crippen LogP contribution < -0.4 is 9.73 Å². The van der Waals surface area contributed by atoms with Crippen LogP contribution in [0.5, 0.6) is 0 Å². The molecule has 0 spiro atoms. The molecule has 1 heterocycles. The van der Waals surface area contributed by atoms with E-state index >= 15 is 0 Å². The minimum Gasteiger partial charge on any atom is -0.314 e. The van der Waals surface area contributed by atoms with Crippen molar-refractivity contribution in [2.45, 2.75) is 4.90 Å². The van der Waals surface area contributed by atoms with E-state index in [1.165, 1.54) is 4.41 Å². The molecule has 1 aliphatic heterocycles. The predicted octanol–water partition coefficient (Wildman–Crippen LogP) is 4.52. The SMILES string of the molecule is O=S(=O)(c1cccc2ccccc12)N(c1cccc(-c2ccccc2)c1)N1CCNCC1. The van der Waals surface area contributed by atoms with E-state index in [4.69, 9.17) is 0 Å². The number of fused-ring (bicyclic) bond motifs is 1. The molecule has 0 aliphatic carbocycles. The summed E-state index contributed by atoms with van der Waals surface area (Å²) in [5, 5.41) is 6.88. The topological polar surface area (TPSA) is 52.7 Å². The normalized spacial score (nSPS) is 15.0. The Kier molecular flexibility index (Phi) is 5.66. The van der Waals surface area contributed by atoms with E-state index in [2.05, 4.69) is 5.32 Å². The van der Waals surface area contributed by atoms with Gasteiger partial charge >= 0.3 is 0 Å². The summed E-state index contributed by atoms with van der Waals surface area (Å²) in [5.41, 5.74) is 2.68. The highest BCUT2D eigenvalue weighted by Crippen LogP contribution is 2.33.